The monoisotopic (exact) mass is 361 g/mol. The molecule has 0 aromatic heterocycles. The summed E-state index contributed by atoms with van der Waals surface area (Å²) in [4.78, 5) is 2.60. The molecular formula is C16H31N3S3. The fourth-order valence-corrected chi connectivity index (χ4v) is 6.13. The van der Waals surface area contributed by atoms with Gasteiger partial charge in [0.1, 0.15) is 0 Å². The topological polar surface area (TPSA) is 27.3 Å². The molecule has 3 rings (SSSR count). The number of thioether (sulfide) groups is 1. The van der Waals surface area contributed by atoms with Crippen LogP contribution in [-0.2, 0) is 0 Å². The summed E-state index contributed by atoms with van der Waals surface area (Å²) in [5.74, 6) is 5.09. The number of hydrogen-bond donors (Lipinski definition) is 4. The SMILES string of the molecule is SCCN1CCC(C2CN[C@@H](CSC3CN[C@H](CS)C3)C2)C1. The summed E-state index contributed by atoms with van der Waals surface area (Å²) in [7, 11) is 0. The summed E-state index contributed by atoms with van der Waals surface area (Å²) in [6, 6.07) is 1.38. The van der Waals surface area contributed by atoms with Gasteiger partial charge in [-0.3, -0.25) is 0 Å². The molecule has 0 aromatic rings. The minimum absolute atomic E-state index is 0.640. The van der Waals surface area contributed by atoms with Crippen molar-refractivity contribution in [3.8, 4) is 0 Å². The van der Waals surface area contributed by atoms with E-state index in [0.717, 1.165) is 34.6 Å². The van der Waals surface area contributed by atoms with E-state index in [0.29, 0.717) is 6.04 Å². The molecule has 0 spiro atoms. The van der Waals surface area contributed by atoms with Crippen LogP contribution in [0.3, 0.4) is 0 Å². The zero-order chi connectivity index (χ0) is 15.4. The van der Waals surface area contributed by atoms with Crippen molar-refractivity contribution in [3.05, 3.63) is 0 Å². The normalized spacial score (nSPS) is 39.8. The largest absolute Gasteiger partial charge is 0.313 e. The number of thiol groups is 2. The first kappa shape index (κ1) is 17.7. The summed E-state index contributed by atoms with van der Waals surface area (Å²) in [6.45, 7) is 6.18. The first-order valence-corrected chi connectivity index (χ1v) is 11.1. The van der Waals surface area contributed by atoms with E-state index >= 15 is 0 Å². The van der Waals surface area contributed by atoms with E-state index in [2.05, 4.69) is 52.6 Å². The van der Waals surface area contributed by atoms with Crippen LogP contribution in [-0.4, -0.2) is 72.2 Å². The van der Waals surface area contributed by atoms with Crippen molar-refractivity contribution in [2.45, 2.75) is 36.6 Å². The lowest BCUT2D eigenvalue weighted by molar-refractivity contribution is 0.307. The second-order valence-corrected chi connectivity index (χ2v) is 9.30. The van der Waals surface area contributed by atoms with Crippen LogP contribution in [0.15, 0.2) is 0 Å². The highest BCUT2D eigenvalue weighted by Crippen LogP contribution is 2.32. The maximum Gasteiger partial charge on any atom is 0.0188 e. The first-order chi connectivity index (χ1) is 10.8. The molecule has 3 aliphatic heterocycles. The van der Waals surface area contributed by atoms with Crippen molar-refractivity contribution in [1.29, 1.82) is 0 Å². The zero-order valence-corrected chi connectivity index (χ0v) is 16.0. The third-order valence-electron chi connectivity index (χ3n) is 5.58. The molecule has 0 aliphatic carbocycles. The molecule has 5 atom stereocenters. The van der Waals surface area contributed by atoms with Gasteiger partial charge in [-0.15, -0.1) is 0 Å². The number of nitrogens with one attached hydrogen (secondary N) is 2. The molecule has 0 saturated carbocycles. The molecule has 3 unspecified atom stereocenters. The van der Waals surface area contributed by atoms with Crippen LogP contribution in [0.25, 0.3) is 0 Å². The quantitative estimate of drug-likeness (QED) is 0.518. The molecule has 2 N–H and O–H groups in total. The number of nitrogens with zero attached hydrogens (tertiary/aromatic N) is 1. The average Bonchev–Trinajstić information content (AvgIpc) is 3.25. The van der Waals surface area contributed by atoms with Crippen LogP contribution in [0.5, 0.6) is 0 Å². The molecule has 3 heterocycles. The highest BCUT2D eigenvalue weighted by Gasteiger charge is 2.35. The van der Waals surface area contributed by atoms with Gasteiger partial charge in [0.25, 0.3) is 0 Å². The molecule has 3 saturated heterocycles. The van der Waals surface area contributed by atoms with E-state index in [1.165, 1.54) is 57.7 Å². The predicted octanol–water partition coefficient (Wildman–Crippen LogP) is 1.61. The van der Waals surface area contributed by atoms with E-state index in [-0.39, 0.29) is 0 Å². The van der Waals surface area contributed by atoms with Crippen molar-refractivity contribution in [2.75, 3.05) is 50.0 Å². The van der Waals surface area contributed by atoms with Crippen LogP contribution in [0.2, 0.25) is 0 Å². The highest BCUT2D eigenvalue weighted by atomic mass is 32.2. The van der Waals surface area contributed by atoms with Crippen LogP contribution in [0.1, 0.15) is 19.3 Å². The summed E-state index contributed by atoms with van der Waals surface area (Å²) < 4.78 is 0. The lowest BCUT2D eigenvalue weighted by Crippen LogP contribution is -2.26. The smallest absolute Gasteiger partial charge is 0.0188 e. The van der Waals surface area contributed by atoms with E-state index in [1.807, 2.05) is 0 Å². The zero-order valence-electron chi connectivity index (χ0n) is 13.4. The van der Waals surface area contributed by atoms with E-state index in [4.69, 9.17) is 0 Å². The minimum Gasteiger partial charge on any atom is -0.313 e. The van der Waals surface area contributed by atoms with Gasteiger partial charge in [-0.05, 0) is 44.2 Å². The van der Waals surface area contributed by atoms with Gasteiger partial charge in [0.15, 0.2) is 0 Å². The molecule has 3 fully saturated rings. The van der Waals surface area contributed by atoms with Crippen LogP contribution in [0.4, 0.5) is 0 Å². The van der Waals surface area contributed by atoms with Crippen LogP contribution < -0.4 is 10.6 Å². The molecule has 0 bridgehead atoms. The third kappa shape index (κ3) is 4.73. The van der Waals surface area contributed by atoms with Crippen molar-refractivity contribution in [1.82, 2.24) is 15.5 Å². The third-order valence-corrected chi connectivity index (χ3v) is 7.65. The maximum atomic E-state index is 4.40. The number of rotatable bonds is 7. The Morgan fingerprint density at radius 2 is 1.91 bits per heavy atom. The lowest BCUT2D eigenvalue weighted by Gasteiger charge is -2.19. The van der Waals surface area contributed by atoms with Gasteiger partial charge in [-0.1, -0.05) is 0 Å². The predicted molar refractivity (Wildman–Crippen MR) is 105 cm³/mol. The first-order valence-electron chi connectivity index (χ1n) is 8.81. The van der Waals surface area contributed by atoms with E-state index in [1.54, 1.807) is 0 Å². The minimum atomic E-state index is 0.640. The standard InChI is InChI=1S/C16H31N3S3/c20-4-3-19-2-1-12(9-19)13-5-15(17-7-13)11-22-16-6-14(10-21)18-8-16/h12-18,20-21H,1-11H2/t12?,13?,14-,15+,16?/m0/s1. The fourth-order valence-electron chi connectivity index (χ4n) is 4.23. The highest BCUT2D eigenvalue weighted by molar-refractivity contribution is 8.00. The Hall–Kier alpha value is 0.930. The summed E-state index contributed by atoms with van der Waals surface area (Å²) in [6.07, 6.45) is 4.09. The Bertz CT molecular complexity index is 345. The van der Waals surface area contributed by atoms with Gasteiger partial charge in [0.2, 0.25) is 0 Å². The lowest BCUT2D eigenvalue weighted by atomic mass is 9.90. The van der Waals surface area contributed by atoms with Crippen molar-refractivity contribution < 1.29 is 0 Å². The van der Waals surface area contributed by atoms with Crippen LogP contribution >= 0.6 is 37.0 Å². The Labute approximate surface area is 150 Å². The van der Waals surface area contributed by atoms with Gasteiger partial charge in [0.05, 0.1) is 0 Å². The second-order valence-electron chi connectivity index (χ2n) is 7.15. The van der Waals surface area contributed by atoms with Gasteiger partial charge >= 0.3 is 0 Å². The van der Waals surface area contributed by atoms with Crippen molar-refractivity contribution in [3.63, 3.8) is 0 Å². The molecule has 3 aliphatic rings. The maximum absolute atomic E-state index is 4.40. The van der Waals surface area contributed by atoms with E-state index in [9.17, 15) is 0 Å². The second kappa shape index (κ2) is 8.86. The molecule has 0 amide bonds. The molecular weight excluding hydrogens is 330 g/mol. The Morgan fingerprint density at radius 1 is 1.05 bits per heavy atom. The summed E-state index contributed by atoms with van der Waals surface area (Å²) in [5, 5.41) is 8.16. The van der Waals surface area contributed by atoms with Gasteiger partial charge in [-0.2, -0.15) is 37.0 Å². The summed E-state index contributed by atoms with van der Waals surface area (Å²) in [5.41, 5.74) is 0. The van der Waals surface area contributed by atoms with Crippen molar-refractivity contribution >= 4 is 37.0 Å². The Morgan fingerprint density at radius 3 is 2.68 bits per heavy atom. The van der Waals surface area contributed by atoms with E-state index < -0.39 is 0 Å². The van der Waals surface area contributed by atoms with Crippen LogP contribution in [0, 0.1) is 11.8 Å². The summed E-state index contributed by atoms with van der Waals surface area (Å²) >= 11 is 10.9. The Balaban J connectivity index is 1.34. The number of hydrogen-bond acceptors (Lipinski definition) is 6. The molecule has 22 heavy (non-hydrogen) atoms. The fraction of sp³-hybridized carbons (Fsp3) is 1.00. The van der Waals surface area contributed by atoms with Gasteiger partial charge in [-0.25, -0.2) is 0 Å². The average molecular weight is 362 g/mol. The van der Waals surface area contributed by atoms with Gasteiger partial charge < -0.3 is 15.5 Å². The molecule has 3 nitrogen and oxygen atoms in total. The Kier molecular flexibility index (Phi) is 7.15. The molecule has 6 heteroatoms. The number of likely N-dealkylation sites (tertiary alicyclic amines) is 1. The molecule has 0 radical (unpaired) electrons. The van der Waals surface area contributed by atoms with Crippen molar-refractivity contribution in [2.24, 2.45) is 11.8 Å². The molecule has 0 aromatic carbocycles. The molecule has 128 valence electrons. The van der Waals surface area contributed by atoms with Gasteiger partial charge in [0, 0.05) is 54.2 Å².